The van der Waals surface area contributed by atoms with E-state index in [2.05, 4.69) is 10.4 Å². The minimum atomic E-state index is 0.0747. The van der Waals surface area contributed by atoms with Crippen LogP contribution in [-0.4, -0.2) is 28.8 Å². The van der Waals surface area contributed by atoms with Crippen molar-refractivity contribution in [1.82, 2.24) is 15.1 Å². The summed E-state index contributed by atoms with van der Waals surface area (Å²) in [6.07, 6.45) is 3.31. The van der Waals surface area contributed by atoms with Gasteiger partial charge in [-0.25, -0.2) is 4.68 Å². The predicted molar refractivity (Wildman–Crippen MR) is 57.6 cm³/mol. The lowest BCUT2D eigenvalue weighted by Crippen LogP contribution is -2.34. The van der Waals surface area contributed by atoms with E-state index in [0.717, 1.165) is 31.6 Å². The number of rotatable bonds is 1. The molecule has 3 N–H and O–H groups in total. The number of aromatic nitrogens is 2. The molecule has 1 fully saturated rings. The number of carbonyl (C=O) groups is 1. The van der Waals surface area contributed by atoms with E-state index in [0.29, 0.717) is 5.69 Å². The van der Waals surface area contributed by atoms with Crippen molar-refractivity contribution < 1.29 is 4.79 Å². The van der Waals surface area contributed by atoms with Crippen LogP contribution in [0.1, 0.15) is 23.3 Å². The highest BCUT2D eigenvalue weighted by Gasteiger charge is 2.24. The Morgan fingerprint density at radius 2 is 2.27 bits per heavy atom. The molecule has 1 saturated heterocycles. The van der Waals surface area contributed by atoms with E-state index < -0.39 is 0 Å². The second-order valence-corrected chi connectivity index (χ2v) is 3.96. The first-order valence-corrected chi connectivity index (χ1v) is 5.25. The molecule has 2 heterocycles. The largest absolute Gasteiger partial charge is 0.396 e. The summed E-state index contributed by atoms with van der Waals surface area (Å²) in [4.78, 5) is 12.1. The van der Waals surface area contributed by atoms with Gasteiger partial charge < -0.3 is 11.1 Å². The Hall–Kier alpha value is -1.36. The lowest BCUT2D eigenvalue weighted by Gasteiger charge is -2.21. The van der Waals surface area contributed by atoms with E-state index in [4.69, 9.17) is 5.73 Å². The third kappa shape index (κ3) is 1.87. The molecule has 1 aliphatic heterocycles. The van der Waals surface area contributed by atoms with Gasteiger partial charge in [-0.15, -0.1) is 0 Å². The molecule has 0 aromatic carbocycles. The van der Waals surface area contributed by atoms with Gasteiger partial charge >= 0.3 is 0 Å². The van der Waals surface area contributed by atoms with Crippen molar-refractivity contribution in [2.24, 2.45) is 5.92 Å². The molecular weight excluding hydrogens is 192 g/mol. The molecule has 0 saturated carbocycles. The van der Waals surface area contributed by atoms with Crippen LogP contribution in [0.5, 0.6) is 0 Å². The smallest absolute Gasteiger partial charge is 0.250 e. The minimum Gasteiger partial charge on any atom is -0.396 e. The number of piperidine rings is 1. The van der Waals surface area contributed by atoms with Crippen LogP contribution in [0.25, 0.3) is 0 Å². The molecule has 1 aromatic rings. The molecule has 2 rings (SSSR count). The number of anilines is 1. The molecule has 0 radical (unpaired) electrons. The molecule has 1 aliphatic rings. The fourth-order valence-corrected chi connectivity index (χ4v) is 1.89. The van der Waals surface area contributed by atoms with Crippen LogP contribution in [0.4, 0.5) is 5.69 Å². The minimum absolute atomic E-state index is 0.0747. The highest BCUT2D eigenvalue weighted by Crippen LogP contribution is 2.17. The quantitative estimate of drug-likeness (QED) is 0.701. The van der Waals surface area contributed by atoms with Gasteiger partial charge in [0.25, 0.3) is 0 Å². The van der Waals surface area contributed by atoms with Crippen molar-refractivity contribution in [3.05, 3.63) is 11.9 Å². The number of nitrogens with one attached hydrogen (secondary N) is 1. The molecule has 5 heteroatoms. The zero-order chi connectivity index (χ0) is 10.8. The Kier molecular flexibility index (Phi) is 2.73. The molecule has 0 unspecified atom stereocenters. The van der Waals surface area contributed by atoms with Crippen molar-refractivity contribution in [3.8, 4) is 0 Å². The molecule has 5 nitrogen and oxygen atoms in total. The van der Waals surface area contributed by atoms with E-state index >= 15 is 0 Å². The summed E-state index contributed by atoms with van der Waals surface area (Å²) >= 11 is 0. The molecule has 0 atom stereocenters. The highest BCUT2D eigenvalue weighted by molar-refractivity contribution is 5.82. The highest BCUT2D eigenvalue weighted by atomic mass is 16.2. The van der Waals surface area contributed by atoms with Crippen LogP contribution in [0.3, 0.4) is 0 Å². The third-order valence-corrected chi connectivity index (χ3v) is 2.94. The first kappa shape index (κ1) is 10.2. The third-order valence-electron chi connectivity index (χ3n) is 2.94. The van der Waals surface area contributed by atoms with Gasteiger partial charge in [-0.1, -0.05) is 0 Å². The summed E-state index contributed by atoms with van der Waals surface area (Å²) < 4.78 is 1.44. The molecule has 0 spiro atoms. The van der Waals surface area contributed by atoms with E-state index in [1.54, 1.807) is 0 Å². The van der Waals surface area contributed by atoms with Gasteiger partial charge in [0.1, 0.15) is 0 Å². The van der Waals surface area contributed by atoms with Gasteiger partial charge in [-0.05, 0) is 32.9 Å². The molecule has 15 heavy (non-hydrogen) atoms. The van der Waals surface area contributed by atoms with E-state index in [1.165, 1.54) is 10.9 Å². The molecule has 0 aliphatic carbocycles. The fourth-order valence-electron chi connectivity index (χ4n) is 1.89. The van der Waals surface area contributed by atoms with Crippen LogP contribution >= 0.6 is 0 Å². The summed E-state index contributed by atoms with van der Waals surface area (Å²) in [5.74, 6) is 0.162. The second-order valence-electron chi connectivity index (χ2n) is 3.96. The Morgan fingerprint density at radius 3 is 2.80 bits per heavy atom. The molecule has 82 valence electrons. The number of nitrogen functional groups attached to an aromatic ring is 1. The lowest BCUT2D eigenvalue weighted by atomic mass is 9.97. The summed E-state index contributed by atoms with van der Waals surface area (Å²) in [6.45, 7) is 3.64. The second kappa shape index (κ2) is 4.02. The number of hydrogen-bond donors (Lipinski definition) is 2. The molecule has 0 bridgehead atoms. The number of hydrogen-bond acceptors (Lipinski definition) is 4. The van der Waals surface area contributed by atoms with Crippen molar-refractivity contribution in [2.75, 3.05) is 18.8 Å². The van der Waals surface area contributed by atoms with Gasteiger partial charge in [-0.2, -0.15) is 5.10 Å². The maximum Gasteiger partial charge on any atom is 0.250 e. The Bertz CT molecular complexity index is 365. The van der Waals surface area contributed by atoms with Gasteiger partial charge in [0, 0.05) is 5.92 Å². The summed E-state index contributed by atoms with van der Waals surface area (Å²) in [5, 5.41) is 7.25. The maximum atomic E-state index is 12.1. The fraction of sp³-hybridized carbons (Fsp3) is 0.600. The number of nitrogens with two attached hydrogens (primary N) is 1. The topological polar surface area (TPSA) is 72.9 Å². The van der Waals surface area contributed by atoms with E-state index in [1.807, 2.05) is 6.92 Å². The monoisotopic (exact) mass is 208 g/mol. The van der Waals surface area contributed by atoms with E-state index in [-0.39, 0.29) is 11.8 Å². The van der Waals surface area contributed by atoms with Crippen LogP contribution in [0.15, 0.2) is 6.20 Å². The van der Waals surface area contributed by atoms with Gasteiger partial charge in [-0.3, -0.25) is 4.79 Å². The van der Waals surface area contributed by atoms with Gasteiger partial charge in [0.15, 0.2) is 0 Å². The van der Waals surface area contributed by atoms with Crippen molar-refractivity contribution in [2.45, 2.75) is 19.8 Å². The maximum absolute atomic E-state index is 12.1. The van der Waals surface area contributed by atoms with Crippen molar-refractivity contribution in [3.63, 3.8) is 0 Å². The first-order valence-electron chi connectivity index (χ1n) is 5.25. The lowest BCUT2D eigenvalue weighted by molar-refractivity contribution is 0.0788. The Labute approximate surface area is 88.6 Å². The summed E-state index contributed by atoms with van der Waals surface area (Å²) in [7, 11) is 0. The summed E-state index contributed by atoms with van der Waals surface area (Å²) in [5.41, 5.74) is 6.99. The van der Waals surface area contributed by atoms with E-state index in [9.17, 15) is 4.79 Å². The number of carbonyl (C=O) groups excluding carboxylic acids is 1. The zero-order valence-electron chi connectivity index (χ0n) is 8.86. The first-order chi connectivity index (χ1) is 7.20. The van der Waals surface area contributed by atoms with Gasteiger partial charge in [0.2, 0.25) is 5.91 Å². The molecule has 0 amide bonds. The normalized spacial score (nSPS) is 17.9. The standard InChI is InChI=1S/C10H16N4O/c1-7-9(11)6-13-14(7)10(15)8-2-4-12-5-3-8/h6,8,12H,2-5,11H2,1H3. The van der Waals surface area contributed by atoms with Crippen molar-refractivity contribution in [1.29, 1.82) is 0 Å². The summed E-state index contributed by atoms with van der Waals surface area (Å²) in [6, 6.07) is 0. The van der Waals surface area contributed by atoms with Gasteiger partial charge in [0.05, 0.1) is 17.6 Å². The average Bonchev–Trinajstić information content (AvgIpc) is 2.60. The van der Waals surface area contributed by atoms with Crippen LogP contribution < -0.4 is 11.1 Å². The average molecular weight is 208 g/mol. The molecule has 1 aromatic heterocycles. The van der Waals surface area contributed by atoms with Crippen LogP contribution in [0.2, 0.25) is 0 Å². The van der Waals surface area contributed by atoms with Crippen molar-refractivity contribution >= 4 is 11.6 Å². The SMILES string of the molecule is Cc1c(N)cnn1C(=O)C1CCNCC1. The molecular formula is C10H16N4O. The van der Waals surface area contributed by atoms with Crippen LogP contribution in [0, 0.1) is 12.8 Å². The Morgan fingerprint density at radius 1 is 1.60 bits per heavy atom. The van der Waals surface area contributed by atoms with Crippen LogP contribution in [-0.2, 0) is 0 Å². The Balaban J connectivity index is 2.16. The zero-order valence-corrected chi connectivity index (χ0v) is 8.86. The number of nitrogens with zero attached hydrogens (tertiary/aromatic N) is 2. The predicted octanol–water partition coefficient (Wildman–Crippen LogP) is 0.414.